The molecule has 0 aromatic rings. The molecule has 0 radical (unpaired) electrons. The fourth-order valence-corrected chi connectivity index (χ4v) is 1.39. The summed E-state index contributed by atoms with van der Waals surface area (Å²) in [6.45, 7) is 7.90. The van der Waals surface area contributed by atoms with E-state index in [1.54, 1.807) is 6.92 Å². The van der Waals surface area contributed by atoms with Crippen LogP contribution in [-0.4, -0.2) is 22.4 Å². The van der Waals surface area contributed by atoms with Crippen molar-refractivity contribution < 1.29 is 10.2 Å². The van der Waals surface area contributed by atoms with Gasteiger partial charge in [-0.05, 0) is 38.5 Å². The van der Waals surface area contributed by atoms with Crippen LogP contribution in [0.5, 0.6) is 0 Å². The van der Waals surface area contributed by atoms with Gasteiger partial charge in [0.1, 0.15) is 0 Å². The fraction of sp³-hybridized carbons (Fsp3) is 0.833. The molecule has 2 nitrogen and oxygen atoms in total. The SMILES string of the molecule is CC(O)C=CC(CCC(C)O)C(C)C. The third-order valence-corrected chi connectivity index (χ3v) is 2.41. The summed E-state index contributed by atoms with van der Waals surface area (Å²) < 4.78 is 0. The minimum atomic E-state index is -0.372. The highest BCUT2D eigenvalue weighted by Gasteiger charge is 2.11. The molecule has 3 atom stereocenters. The monoisotopic (exact) mass is 200 g/mol. The summed E-state index contributed by atoms with van der Waals surface area (Å²) in [6, 6.07) is 0. The van der Waals surface area contributed by atoms with Crippen molar-refractivity contribution in [2.75, 3.05) is 0 Å². The summed E-state index contributed by atoms with van der Waals surface area (Å²) >= 11 is 0. The summed E-state index contributed by atoms with van der Waals surface area (Å²) in [5, 5.41) is 18.3. The Morgan fingerprint density at radius 2 is 1.50 bits per heavy atom. The Bertz CT molecular complexity index is 160. The molecule has 0 amide bonds. The van der Waals surface area contributed by atoms with Crippen molar-refractivity contribution in [3.63, 3.8) is 0 Å². The predicted octanol–water partition coefficient (Wildman–Crippen LogP) is 2.36. The van der Waals surface area contributed by atoms with Gasteiger partial charge in [-0.2, -0.15) is 0 Å². The van der Waals surface area contributed by atoms with E-state index in [1.807, 2.05) is 13.0 Å². The van der Waals surface area contributed by atoms with Crippen molar-refractivity contribution >= 4 is 0 Å². The second-order valence-electron chi connectivity index (χ2n) is 4.46. The molecule has 84 valence electrons. The minimum Gasteiger partial charge on any atom is -0.393 e. The number of rotatable bonds is 6. The van der Waals surface area contributed by atoms with Crippen molar-refractivity contribution in [3.8, 4) is 0 Å². The standard InChI is InChI=1S/C12H24O2/c1-9(2)12(7-5-10(3)13)8-6-11(4)14/h5,7,9-14H,6,8H2,1-4H3. The average Bonchev–Trinajstić information content (AvgIpc) is 2.02. The summed E-state index contributed by atoms with van der Waals surface area (Å²) in [5.74, 6) is 1.02. The highest BCUT2D eigenvalue weighted by molar-refractivity contribution is 4.93. The van der Waals surface area contributed by atoms with Gasteiger partial charge in [0.15, 0.2) is 0 Å². The van der Waals surface area contributed by atoms with E-state index in [-0.39, 0.29) is 12.2 Å². The number of aliphatic hydroxyl groups excluding tert-OH is 2. The molecule has 0 saturated heterocycles. The smallest absolute Gasteiger partial charge is 0.0692 e. The van der Waals surface area contributed by atoms with E-state index in [0.717, 1.165) is 12.8 Å². The van der Waals surface area contributed by atoms with Crippen LogP contribution in [0.1, 0.15) is 40.5 Å². The molecule has 0 aromatic carbocycles. The lowest BCUT2D eigenvalue weighted by Crippen LogP contribution is -2.10. The predicted molar refractivity (Wildman–Crippen MR) is 60.1 cm³/mol. The van der Waals surface area contributed by atoms with Gasteiger partial charge in [-0.3, -0.25) is 0 Å². The van der Waals surface area contributed by atoms with Gasteiger partial charge in [0.25, 0.3) is 0 Å². The van der Waals surface area contributed by atoms with Crippen LogP contribution < -0.4 is 0 Å². The molecule has 0 aliphatic heterocycles. The normalized spacial score (nSPS) is 18.8. The van der Waals surface area contributed by atoms with Gasteiger partial charge in [0.05, 0.1) is 12.2 Å². The Labute approximate surface area is 87.7 Å². The number of hydrogen-bond donors (Lipinski definition) is 2. The maximum atomic E-state index is 9.19. The summed E-state index contributed by atoms with van der Waals surface area (Å²) in [7, 11) is 0. The third-order valence-electron chi connectivity index (χ3n) is 2.41. The molecule has 0 aromatic heterocycles. The van der Waals surface area contributed by atoms with Gasteiger partial charge in [-0.1, -0.05) is 26.0 Å². The minimum absolute atomic E-state index is 0.226. The molecule has 0 aliphatic carbocycles. The second-order valence-corrected chi connectivity index (χ2v) is 4.46. The summed E-state index contributed by atoms with van der Waals surface area (Å²) in [5.41, 5.74) is 0. The molecule has 3 unspecified atom stereocenters. The Hall–Kier alpha value is -0.340. The van der Waals surface area contributed by atoms with Crippen LogP contribution in [0.3, 0.4) is 0 Å². The molecule has 2 N–H and O–H groups in total. The first kappa shape index (κ1) is 13.7. The van der Waals surface area contributed by atoms with Gasteiger partial charge in [-0.15, -0.1) is 0 Å². The van der Waals surface area contributed by atoms with Crippen molar-refractivity contribution in [1.82, 2.24) is 0 Å². The lowest BCUT2D eigenvalue weighted by Gasteiger charge is -2.18. The fourth-order valence-electron chi connectivity index (χ4n) is 1.39. The maximum absolute atomic E-state index is 9.19. The first-order valence-electron chi connectivity index (χ1n) is 5.48. The highest BCUT2D eigenvalue weighted by atomic mass is 16.3. The van der Waals surface area contributed by atoms with Gasteiger partial charge in [0, 0.05) is 0 Å². The molecular formula is C12H24O2. The van der Waals surface area contributed by atoms with E-state index in [2.05, 4.69) is 19.9 Å². The van der Waals surface area contributed by atoms with Crippen LogP contribution in [0.2, 0.25) is 0 Å². The molecule has 0 saturated carbocycles. The quantitative estimate of drug-likeness (QED) is 0.646. The van der Waals surface area contributed by atoms with Crippen LogP contribution in [0.4, 0.5) is 0 Å². The average molecular weight is 200 g/mol. The molecule has 14 heavy (non-hydrogen) atoms. The zero-order chi connectivity index (χ0) is 11.1. The molecule has 2 heteroatoms. The van der Waals surface area contributed by atoms with E-state index in [0.29, 0.717) is 11.8 Å². The molecule has 0 heterocycles. The molecule has 0 bridgehead atoms. The molecule has 0 aliphatic rings. The molecule has 0 rings (SSSR count). The van der Waals surface area contributed by atoms with E-state index >= 15 is 0 Å². The van der Waals surface area contributed by atoms with E-state index in [1.165, 1.54) is 0 Å². The van der Waals surface area contributed by atoms with Gasteiger partial charge in [-0.25, -0.2) is 0 Å². The first-order chi connectivity index (χ1) is 6.43. The Morgan fingerprint density at radius 1 is 0.929 bits per heavy atom. The van der Waals surface area contributed by atoms with Crippen LogP contribution in [-0.2, 0) is 0 Å². The Kier molecular flexibility index (Phi) is 6.85. The van der Waals surface area contributed by atoms with Crippen molar-refractivity contribution in [2.45, 2.75) is 52.7 Å². The van der Waals surface area contributed by atoms with Gasteiger partial charge >= 0.3 is 0 Å². The molecule has 0 fully saturated rings. The van der Waals surface area contributed by atoms with Crippen LogP contribution in [0.15, 0.2) is 12.2 Å². The van der Waals surface area contributed by atoms with Crippen molar-refractivity contribution in [1.29, 1.82) is 0 Å². The van der Waals surface area contributed by atoms with Crippen LogP contribution in [0.25, 0.3) is 0 Å². The van der Waals surface area contributed by atoms with Gasteiger partial charge < -0.3 is 10.2 Å². The maximum Gasteiger partial charge on any atom is 0.0692 e. The topological polar surface area (TPSA) is 40.5 Å². The van der Waals surface area contributed by atoms with E-state index in [4.69, 9.17) is 5.11 Å². The molecule has 0 spiro atoms. The van der Waals surface area contributed by atoms with Crippen LogP contribution in [0, 0.1) is 11.8 Å². The van der Waals surface area contributed by atoms with Gasteiger partial charge in [0.2, 0.25) is 0 Å². The lowest BCUT2D eigenvalue weighted by atomic mass is 9.89. The van der Waals surface area contributed by atoms with Crippen LogP contribution >= 0.6 is 0 Å². The summed E-state index contributed by atoms with van der Waals surface area (Å²) in [4.78, 5) is 0. The van der Waals surface area contributed by atoms with Crippen molar-refractivity contribution in [3.05, 3.63) is 12.2 Å². The number of hydrogen-bond acceptors (Lipinski definition) is 2. The van der Waals surface area contributed by atoms with Crippen molar-refractivity contribution in [2.24, 2.45) is 11.8 Å². The summed E-state index contributed by atoms with van der Waals surface area (Å²) in [6.07, 6.45) is 5.11. The zero-order valence-corrected chi connectivity index (χ0v) is 9.77. The number of aliphatic hydroxyl groups is 2. The highest BCUT2D eigenvalue weighted by Crippen LogP contribution is 2.19. The van der Waals surface area contributed by atoms with E-state index < -0.39 is 0 Å². The lowest BCUT2D eigenvalue weighted by molar-refractivity contribution is 0.172. The Balaban J connectivity index is 4.03. The number of allylic oxidation sites excluding steroid dienone is 1. The third kappa shape index (κ3) is 7.10. The van der Waals surface area contributed by atoms with E-state index in [9.17, 15) is 5.11 Å². The second kappa shape index (κ2) is 7.02. The zero-order valence-electron chi connectivity index (χ0n) is 9.77. The Morgan fingerprint density at radius 3 is 1.86 bits per heavy atom. The largest absolute Gasteiger partial charge is 0.393 e. The molecular weight excluding hydrogens is 176 g/mol. The first-order valence-corrected chi connectivity index (χ1v) is 5.48.